The zero-order valence-corrected chi connectivity index (χ0v) is 11.1. The minimum absolute atomic E-state index is 0.00687. The van der Waals surface area contributed by atoms with E-state index in [0.717, 1.165) is 24.4 Å². The molecule has 1 aromatic heterocycles. The molecule has 100 valence electrons. The molecule has 1 aromatic carbocycles. The third-order valence-corrected chi connectivity index (χ3v) is 4.29. The van der Waals surface area contributed by atoms with E-state index < -0.39 is 0 Å². The second kappa shape index (κ2) is 5.17. The fourth-order valence-electron chi connectivity index (χ4n) is 3.26. The summed E-state index contributed by atoms with van der Waals surface area (Å²) in [6, 6.07) is 10.7. The lowest BCUT2D eigenvalue weighted by atomic mass is 9.69. The number of nitrogens with zero attached hydrogens (tertiary/aromatic N) is 1. The topological polar surface area (TPSA) is 48.9 Å². The second-order valence-electron chi connectivity index (χ2n) is 5.42. The number of rotatable bonds is 3. The molecule has 0 spiro atoms. The number of hydrogen-bond donors (Lipinski definition) is 2. The van der Waals surface area contributed by atoms with Crippen molar-refractivity contribution in [2.75, 3.05) is 0 Å². The van der Waals surface area contributed by atoms with E-state index in [-0.39, 0.29) is 12.0 Å². The first-order valence-electron chi connectivity index (χ1n) is 7.06. The number of benzene rings is 1. The van der Waals surface area contributed by atoms with Crippen LogP contribution in [0.1, 0.15) is 49.2 Å². The summed E-state index contributed by atoms with van der Waals surface area (Å²) in [6.45, 7) is 0.0257. The Morgan fingerprint density at radius 1 is 1.11 bits per heavy atom. The molecule has 1 aliphatic carbocycles. The lowest BCUT2D eigenvalue weighted by Crippen LogP contribution is -2.31. The number of aliphatic hydroxyl groups is 1. The van der Waals surface area contributed by atoms with Gasteiger partial charge in [0.15, 0.2) is 0 Å². The van der Waals surface area contributed by atoms with Gasteiger partial charge >= 0.3 is 0 Å². The van der Waals surface area contributed by atoms with Gasteiger partial charge < -0.3 is 10.1 Å². The average Bonchev–Trinajstić information content (AvgIpc) is 2.98. The van der Waals surface area contributed by atoms with Gasteiger partial charge in [0.05, 0.1) is 23.9 Å². The first-order valence-corrected chi connectivity index (χ1v) is 7.06. The quantitative estimate of drug-likeness (QED) is 0.886. The van der Waals surface area contributed by atoms with E-state index in [9.17, 15) is 5.11 Å². The van der Waals surface area contributed by atoms with Crippen LogP contribution in [0.4, 0.5) is 0 Å². The van der Waals surface area contributed by atoms with Crippen LogP contribution in [0.15, 0.2) is 36.5 Å². The summed E-state index contributed by atoms with van der Waals surface area (Å²) in [6.07, 6.45) is 7.82. The Morgan fingerprint density at radius 2 is 1.84 bits per heavy atom. The molecule has 0 radical (unpaired) electrons. The Balaban J connectivity index is 2.06. The molecule has 1 aliphatic rings. The van der Waals surface area contributed by atoms with Crippen molar-refractivity contribution in [2.24, 2.45) is 0 Å². The van der Waals surface area contributed by atoms with Crippen molar-refractivity contribution in [3.05, 3.63) is 53.6 Å². The summed E-state index contributed by atoms with van der Waals surface area (Å²) < 4.78 is 0. The smallest absolute Gasteiger partial charge is 0.116 e. The van der Waals surface area contributed by atoms with E-state index in [1.54, 1.807) is 6.20 Å². The number of H-pyrrole nitrogens is 1. The molecule has 0 amide bonds. The van der Waals surface area contributed by atoms with Crippen molar-refractivity contribution in [3.63, 3.8) is 0 Å². The van der Waals surface area contributed by atoms with Gasteiger partial charge in [-0.25, -0.2) is 4.98 Å². The molecule has 0 atom stereocenters. The number of imidazole rings is 1. The Hall–Kier alpha value is -1.61. The number of hydrogen-bond acceptors (Lipinski definition) is 2. The van der Waals surface area contributed by atoms with E-state index in [4.69, 9.17) is 0 Å². The monoisotopic (exact) mass is 256 g/mol. The van der Waals surface area contributed by atoms with Crippen LogP contribution >= 0.6 is 0 Å². The zero-order chi connectivity index (χ0) is 13.1. The Morgan fingerprint density at radius 3 is 2.47 bits per heavy atom. The minimum atomic E-state index is 0.00687. The molecule has 0 saturated heterocycles. The zero-order valence-electron chi connectivity index (χ0n) is 11.1. The Labute approximate surface area is 113 Å². The normalized spacial score (nSPS) is 18.4. The fraction of sp³-hybridized carbons (Fsp3) is 0.438. The van der Waals surface area contributed by atoms with E-state index in [1.807, 2.05) is 0 Å². The van der Waals surface area contributed by atoms with Gasteiger partial charge in [-0.05, 0) is 18.4 Å². The van der Waals surface area contributed by atoms with Gasteiger partial charge in [0.2, 0.25) is 0 Å². The summed E-state index contributed by atoms with van der Waals surface area (Å²) in [7, 11) is 0. The maximum Gasteiger partial charge on any atom is 0.116 e. The first kappa shape index (κ1) is 12.4. The summed E-state index contributed by atoms with van der Waals surface area (Å²) in [5, 5.41) is 9.23. The number of nitrogens with one attached hydrogen (secondary N) is 1. The predicted molar refractivity (Wildman–Crippen MR) is 74.8 cm³/mol. The number of aromatic amines is 1. The van der Waals surface area contributed by atoms with Crippen LogP contribution in [0, 0.1) is 0 Å². The van der Waals surface area contributed by atoms with Crippen molar-refractivity contribution in [1.29, 1.82) is 0 Å². The molecule has 0 bridgehead atoms. The van der Waals surface area contributed by atoms with E-state index in [1.165, 1.54) is 24.8 Å². The average molecular weight is 256 g/mol. The van der Waals surface area contributed by atoms with Crippen LogP contribution in [0.2, 0.25) is 0 Å². The molecular formula is C16H20N2O. The van der Waals surface area contributed by atoms with Gasteiger partial charge in [0.25, 0.3) is 0 Å². The Bertz CT molecular complexity index is 527. The van der Waals surface area contributed by atoms with E-state index in [0.29, 0.717) is 0 Å². The maximum atomic E-state index is 9.23. The lowest BCUT2D eigenvalue weighted by molar-refractivity contribution is 0.276. The summed E-state index contributed by atoms with van der Waals surface area (Å²) in [4.78, 5) is 7.85. The molecule has 2 N–H and O–H groups in total. The van der Waals surface area contributed by atoms with Gasteiger partial charge in [-0.2, -0.15) is 0 Å². The SMILES string of the molecule is OCc1cnc(C2(c3ccccc3)CCCCC2)[nH]1. The standard InChI is InChI=1S/C16H20N2O/c19-12-14-11-17-15(18-14)16(9-5-2-6-10-16)13-7-3-1-4-8-13/h1,3-4,7-8,11,19H,2,5-6,9-10,12H2,(H,17,18). The lowest BCUT2D eigenvalue weighted by Gasteiger charge is -2.36. The van der Waals surface area contributed by atoms with Gasteiger partial charge in [0, 0.05) is 0 Å². The van der Waals surface area contributed by atoms with E-state index >= 15 is 0 Å². The van der Waals surface area contributed by atoms with Crippen molar-refractivity contribution in [3.8, 4) is 0 Å². The first-order chi connectivity index (χ1) is 9.35. The molecular weight excluding hydrogens is 236 g/mol. The predicted octanol–water partition coefficient (Wildman–Crippen LogP) is 3.15. The van der Waals surface area contributed by atoms with Crippen LogP contribution in [0.25, 0.3) is 0 Å². The van der Waals surface area contributed by atoms with Crippen LogP contribution < -0.4 is 0 Å². The largest absolute Gasteiger partial charge is 0.390 e. The molecule has 19 heavy (non-hydrogen) atoms. The van der Waals surface area contributed by atoms with E-state index in [2.05, 4.69) is 40.3 Å². The van der Waals surface area contributed by atoms with Crippen LogP contribution in [-0.2, 0) is 12.0 Å². The third kappa shape index (κ3) is 2.19. The molecule has 1 saturated carbocycles. The molecule has 1 fully saturated rings. The number of aromatic nitrogens is 2. The molecule has 3 heteroatoms. The maximum absolute atomic E-state index is 9.23. The summed E-state index contributed by atoms with van der Waals surface area (Å²) >= 11 is 0. The molecule has 3 nitrogen and oxygen atoms in total. The minimum Gasteiger partial charge on any atom is -0.390 e. The summed E-state index contributed by atoms with van der Waals surface area (Å²) in [5.74, 6) is 1.02. The molecule has 3 rings (SSSR count). The highest BCUT2D eigenvalue weighted by atomic mass is 16.3. The van der Waals surface area contributed by atoms with Gasteiger partial charge in [0.1, 0.15) is 5.82 Å². The highest BCUT2D eigenvalue weighted by Gasteiger charge is 2.38. The van der Waals surface area contributed by atoms with Crippen LogP contribution in [0.3, 0.4) is 0 Å². The fourth-order valence-corrected chi connectivity index (χ4v) is 3.26. The second-order valence-corrected chi connectivity index (χ2v) is 5.42. The van der Waals surface area contributed by atoms with Gasteiger partial charge in [-0.1, -0.05) is 49.6 Å². The highest BCUT2D eigenvalue weighted by molar-refractivity contribution is 5.34. The molecule has 2 aromatic rings. The van der Waals surface area contributed by atoms with Crippen molar-refractivity contribution >= 4 is 0 Å². The molecule has 0 aliphatic heterocycles. The highest BCUT2D eigenvalue weighted by Crippen LogP contribution is 2.43. The van der Waals surface area contributed by atoms with Gasteiger partial charge in [-0.3, -0.25) is 0 Å². The summed E-state index contributed by atoms with van der Waals surface area (Å²) in [5.41, 5.74) is 2.15. The van der Waals surface area contributed by atoms with Crippen molar-refractivity contribution < 1.29 is 5.11 Å². The third-order valence-electron chi connectivity index (χ3n) is 4.29. The van der Waals surface area contributed by atoms with Crippen LogP contribution in [0.5, 0.6) is 0 Å². The number of aliphatic hydroxyl groups excluding tert-OH is 1. The van der Waals surface area contributed by atoms with Gasteiger partial charge in [-0.15, -0.1) is 0 Å². The molecule has 1 heterocycles. The Kier molecular flexibility index (Phi) is 3.38. The van der Waals surface area contributed by atoms with Crippen molar-refractivity contribution in [2.45, 2.75) is 44.1 Å². The van der Waals surface area contributed by atoms with Crippen molar-refractivity contribution in [1.82, 2.24) is 9.97 Å². The molecule has 0 unspecified atom stereocenters. The van der Waals surface area contributed by atoms with Crippen LogP contribution in [-0.4, -0.2) is 15.1 Å².